The summed E-state index contributed by atoms with van der Waals surface area (Å²) in [6.07, 6.45) is 5.76. The summed E-state index contributed by atoms with van der Waals surface area (Å²) in [6.45, 7) is 6.13. The largest absolute Gasteiger partial charge is 0.361 e. The molecule has 0 radical (unpaired) electrons. The highest BCUT2D eigenvalue weighted by Crippen LogP contribution is 2.39. The minimum Gasteiger partial charge on any atom is -0.361 e. The van der Waals surface area contributed by atoms with Gasteiger partial charge in [0.2, 0.25) is 10.0 Å². The molecule has 3 aliphatic heterocycles. The summed E-state index contributed by atoms with van der Waals surface area (Å²) in [6, 6.07) is 1.68. The van der Waals surface area contributed by atoms with Crippen LogP contribution >= 0.6 is 0 Å². The lowest BCUT2D eigenvalue weighted by atomic mass is 9.99. The fourth-order valence-electron chi connectivity index (χ4n) is 5.50. The molecule has 4 heterocycles. The Balaban J connectivity index is 1.34. The van der Waals surface area contributed by atoms with Gasteiger partial charge in [0, 0.05) is 30.6 Å². The highest BCUT2D eigenvalue weighted by Gasteiger charge is 2.47. The summed E-state index contributed by atoms with van der Waals surface area (Å²) in [5, 5.41) is 6.99. The number of nitrogens with one attached hydrogen (secondary N) is 1. The molecular formula is C22H36N4O4S. The second kappa shape index (κ2) is 9.19. The van der Waals surface area contributed by atoms with Crippen LogP contribution in [0.15, 0.2) is 10.6 Å². The first-order valence-electron chi connectivity index (χ1n) is 11.7. The van der Waals surface area contributed by atoms with Gasteiger partial charge in [-0.1, -0.05) is 19.0 Å². The summed E-state index contributed by atoms with van der Waals surface area (Å²) in [5.74, 6) is 1.44. The van der Waals surface area contributed by atoms with Gasteiger partial charge in [-0.3, -0.25) is 4.79 Å². The molecule has 1 amide bonds. The van der Waals surface area contributed by atoms with Crippen molar-refractivity contribution in [2.24, 2.45) is 11.8 Å². The Labute approximate surface area is 185 Å². The maximum Gasteiger partial charge on any atom is 0.273 e. The molecule has 0 aliphatic carbocycles. The predicted molar refractivity (Wildman–Crippen MR) is 118 cm³/mol. The smallest absolute Gasteiger partial charge is 0.273 e. The molecule has 1 aromatic rings. The standard InChI is InChI=1S/C22H36N4O4S/c1-15(2)10-20-13-21(24-30-20)22(27)23-17-11-18-4-5-19(12-17)26(18)31(28,29)14-16-6-8-25(3)9-7-16/h13,15-19H,4-12,14H2,1-3H3,(H,23,27)/t17-,18+,19-. The van der Waals surface area contributed by atoms with E-state index in [2.05, 4.69) is 36.3 Å². The number of carbonyl (C=O) groups is 1. The van der Waals surface area contributed by atoms with Crippen LogP contribution in [0.2, 0.25) is 0 Å². The van der Waals surface area contributed by atoms with Crippen molar-refractivity contribution in [3.8, 4) is 0 Å². The molecule has 0 aromatic carbocycles. The van der Waals surface area contributed by atoms with E-state index in [1.165, 1.54) is 0 Å². The van der Waals surface area contributed by atoms with Crippen LogP contribution in [0.3, 0.4) is 0 Å². The number of piperidine rings is 2. The van der Waals surface area contributed by atoms with Gasteiger partial charge in [-0.2, -0.15) is 4.31 Å². The van der Waals surface area contributed by atoms with Crippen molar-refractivity contribution in [3.63, 3.8) is 0 Å². The number of aromatic nitrogens is 1. The Morgan fingerprint density at radius 1 is 1.19 bits per heavy atom. The summed E-state index contributed by atoms with van der Waals surface area (Å²) >= 11 is 0. The molecule has 8 nitrogen and oxygen atoms in total. The summed E-state index contributed by atoms with van der Waals surface area (Å²) in [4.78, 5) is 14.9. The summed E-state index contributed by atoms with van der Waals surface area (Å²) in [5.41, 5.74) is 0.306. The second-order valence-corrected chi connectivity index (χ2v) is 12.1. The minimum atomic E-state index is -3.27. The molecule has 31 heavy (non-hydrogen) atoms. The number of amides is 1. The van der Waals surface area contributed by atoms with Crippen LogP contribution in [0.5, 0.6) is 0 Å². The fourth-order valence-corrected chi connectivity index (χ4v) is 7.89. The number of likely N-dealkylation sites (tertiary alicyclic amines) is 1. The highest BCUT2D eigenvalue weighted by atomic mass is 32.2. The van der Waals surface area contributed by atoms with Crippen molar-refractivity contribution in [1.82, 2.24) is 19.7 Å². The zero-order chi connectivity index (χ0) is 22.2. The van der Waals surface area contributed by atoms with E-state index in [1.54, 1.807) is 10.4 Å². The fraction of sp³-hybridized carbons (Fsp3) is 0.818. The van der Waals surface area contributed by atoms with Gasteiger partial charge in [-0.15, -0.1) is 0 Å². The molecule has 0 spiro atoms. The van der Waals surface area contributed by atoms with Gasteiger partial charge in [-0.05, 0) is 70.5 Å². The van der Waals surface area contributed by atoms with E-state index in [1.807, 2.05) is 0 Å². The first-order valence-corrected chi connectivity index (χ1v) is 13.3. The van der Waals surface area contributed by atoms with E-state index in [0.717, 1.165) is 51.0 Å². The zero-order valence-electron chi connectivity index (χ0n) is 18.9. The number of carbonyl (C=O) groups excluding carboxylic acids is 1. The molecule has 1 aromatic heterocycles. The Hall–Kier alpha value is -1.45. The van der Waals surface area contributed by atoms with Crippen molar-refractivity contribution >= 4 is 15.9 Å². The van der Waals surface area contributed by atoms with Crippen molar-refractivity contribution in [3.05, 3.63) is 17.5 Å². The van der Waals surface area contributed by atoms with E-state index < -0.39 is 10.0 Å². The first-order chi connectivity index (χ1) is 14.7. The predicted octanol–water partition coefficient (Wildman–Crippen LogP) is 2.27. The van der Waals surface area contributed by atoms with Crippen LogP contribution in [-0.2, 0) is 16.4 Å². The second-order valence-electron chi connectivity index (χ2n) is 10.2. The summed E-state index contributed by atoms with van der Waals surface area (Å²) in [7, 11) is -1.18. The SMILES string of the molecule is CC(C)Cc1cc(C(=O)N[C@H]2C[C@H]3CC[C@@H](C2)N3S(=O)(=O)CC2CCN(C)CC2)no1. The van der Waals surface area contributed by atoms with Crippen molar-refractivity contribution in [2.75, 3.05) is 25.9 Å². The molecule has 174 valence electrons. The molecule has 3 saturated heterocycles. The van der Waals surface area contributed by atoms with Crippen molar-refractivity contribution in [2.45, 2.75) is 76.9 Å². The number of hydrogen-bond donors (Lipinski definition) is 1. The lowest BCUT2D eigenvalue weighted by Crippen LogP contribution is -2.53. The van der Waals surface area contributed by atoms with Gasteiger partial charge in [0.15, 0.2) is 5.69 Å². The van der Waals surface area contributed by atoms with E-state index in [0.29, 0.717) is 24.5 Å². The normalized spacial score (nSPS) is 28.3. The maximum absolute atomic E-state index is 13.2. The van der Waals surface area contributed by atoms with Crippen LogP contribution in [0.1, 0.15) is 68.6 Å². The molecule has 3 aliphatic rings. The maximum atomic E-state index is 13.2. The van der Waals surface area contributed by atoms with Crippen molar-refractivity contribution in [1.29, 1.82) is 0 Å². The molecule has 0 unspecified atom stereocenters. The molecule has 4 rings (SSSR count). The number of nitrogens with zero attached hydrogens (tertiary/aromatic N) is 3. The molecule has 2 bridgehead atoms. The van der Waals surface area contributed by atoms with Gasteiger partial charge in [0.25, 0.3) is 5.91 Å². The Kier molecular flexibility index (Phi) is 6.74. The third-order valence-corrected chi connectivity index (χ3v) is 9.14. The number of rotatable bonds is 7. The summed E-state index contributed by atoms with van der Waals surface area (Å²) < 4.78 is 33.6. The number of hydrogen-bond acceptors (Lipinski definition) is 6. The van der Waals surface area contributed by atoms with Crippen LogP contribution in [0, 0.1) is 11.8 Å². The monoisotopic (exact) mass is 452 g/mol. The van der Waals surface area contributed by atoms with Crippen LogP contribution in [-0.4, -0.2) is 72.7 Å². The number of fused-ring (bicyclic) bond motifs is 2. The lowest BCUT2D eigenvalue weighted by molar-refractivity contribution is 0.0900. The topological polar surface area (TPSA) is 95.8 Å². The van der Waals surface area contributed by atoms with Crippen LogP contribution in [0.4, 0.5) is 0 Å². The van der Waals surface area contributed by atoms with E-state index in [-0.39, 0.29) is 35.7 Å². The molecule has 3 fully saturated rings. The van der Waals surface area contributed by atoms with Gasteiger partial charge >= 0.3 is 0 Å². The average molecular weight is 453 g/mol. The van der Waals surface area contributed by atoms with E-state index in [4.69, 9.17) is 4.52 Å². The Morgan fingerprint density at radius 3 is 2.45 bits per heavy atom. The third-order valence-electron chi connectivity index (χ3n) is 7.01. The van der Waals surface area contributed by atoms with Gasteiger partial charge < -0.3 is 14.7 Å². The van der Waals surface area contributed by atoms with E-state index >= 15 is 0 Å². The molecule has 9 heteroatoms. The molecular weight excluding hydrogens is 416 g/mol. The zero-order valence-corrected chi connectivity index (χ0v) is 19.7. The average Bonchev–Trinajstić information content (AvgIpc) is 3.26. The van der Waals surface area contributed by atoms with Gasteiger partial charge in [0.1, 0.15) is 5.76 Å². The third kappa shape index (κ3) is 5.31. The molecule has 1 N–H and O–H groups in total. The Bertz CT molecular complexity index is 862. The lowest BCUT2D eigenvalue weighted by Gasteiger charge is -2.39. The van der Waals surface area contributed by atoms with Crippen LogP contribution in [0.25, 0.3) is 0 Å². The van der Waals surface area contributed by atoms with E-state index in [9.17, 15) is 13.2 Å². The first kappa shape index (κ1) is 22.7. The minimum absolute atomic E-state index is 0.00544. The Morgan fingerprint density at radius 2 is 1.84 bits per heavy atom. The van der Waals surface area contributed by atoms with Crippen LogP contribution < -0.4 is 5.32 Å². The molecule has 0 saturated carbocycles. The van der Waals surface area contributed by atoms with Gasteiger partial charge in [0.05, 0.1) is 5.75 Å². The highest BCUT2D eigenvalue weighted by molar-refractivity contribution is 7.89. The number of sulfonamides is 1. The van der Waals surface area contributed by atoms with Gasteiger partial charge in [-0.25, -0.2) is 8.42 Å². The van der Waals surface area contributed by atoms with Crippen molar-refractivity contribution < 1.29 is 17.7 Å². The quantitative estimate of drug-likeness (QED) is 0.682. The molecule has 3 atom stereocenters.